The SMILES string of the molecule is Nc1nnc(Cl)cc1-c1ccccc1Br. The Labute approximate surface area is 100 Å². The predicted molar refractivity (Wildman–Crippen MR) is 64.6 cm³/mol. The highest BCUT2D eigenvalue weighted by atomic mass is 79.9. The highest BCUT2D eigenvalue weighted by molar-refractivity contribution is 9.10. The molecule has 1 heterocycles. The summed E-state index contributed by atoms with van der Waals surface area (Å²) in [6.07, 6.45) is 0. The van der Waals surface area contributed by atoms with Gasteiger partial charge in [-0.3, -0.25) is 0 Å². The minimum atomic E-state index is 0.329. The maximum absolute atomic E-state index is 5.77. The van der Waals surface area contributed by atoms with Crippen LogP contribution < -0.4 is 5.73 Å². The number of hydrogen-bond donors (Lipinski definition) is 1. The van der Waals surface area contributed by atoms with Gasteiger partial charge in [0.1, 0.15) is 0 Å². The number of halogens is 2. The maximum Gasteiger partial charge on any atom is 0.154 e. The molecule has 2 rings (SSSR count). The fourth-order valence-corrected chi connectivity index (χ4v) is 1.92. The van der Waals surface area contributed by atoms with Gasteiger partial charge in [-0.1, -0.05) is 45.7 Å². The molecular formula is C10H7BrClN3. The van der Waals surface area contributed by atoms with Gasteiger partial charge in [-0.25, -0.2) is 0 Å². The molecule has 2 aromatic rings. The number of benzene rings is 1. The molecule has 0 fully saturated rings. The summed E-state index contributed by atoms with van der Waals surface area (Å²) in [5, 5.41) is 7.77. The summed E-state index contributed by atoms with van der Waals surface area (Å²) in [6.45, 7) is 0. The standard InChI is InChI=1S/C10H7BrClN3/c11-8-4-2-1-3-6(8)7-5-9(12)14-15-10(7)13/h1-5H,(H2,13,15). The van der Waals surface area contributed by atoms with Crippen LogP contribution in [-0.2, 0) is 0 Å². The number of hydrogen-bond acceptors (Lipinski definition) is 3. The van der Waals surface area contributed by atoms with Crippen molar-refractivity contribution >= 4 is 33.3 Å². The molecule has 0 unspecified atom stereocenters. The first-order valence-corrected chi connectivity index (χ1v) is 5.39. The zero-order valence-electron chi connectivity index (χ0n) is 7.61. The van der Waals surface area contributed by atoms with E-state index < -0.39 is 0 Å². The number of aromatic nitrogens is 2. The Morgan fingerprint density at radius 3 is 2.60 bits per heavy atom. The largest absolute Gasteiger partial charge is 0.382 e. The molecule has 0 saturated heterocycles. The number of anilines is 1. The molecule has 2 N–H and O–H groups in total. The predicted octanol–water partition coefficient (Wildman–Crippen LogP) is 3.14. The van der Waals surface area contributed by atoms with Crippen LogP contribution >= 0.6 is 27.5 Å². The van der Waals surface area contributed by atoms with Gasteiger partial charge < -0.3 is 5.73 Å². The lowest BCUT2D eigenvalue weighted by molar-refractivity contribution is 1.04. The lowest BCUT2D eigenvalue weighted by Gasteiger charge is -2.06. The molecule has 1 aromatic carbocycles. The molecule has 0 amide bonds. The lowest BCUT2D eigenvalue weighted by Crippen LogP contribution is -1.97. The molecule has 15 heavy (non-hydrogen) atoms. The van der Waals surface area contributed by atoms with E-state index in [-0.39, 0.29) is 0 Å². The van der Waals surface area contributed by atoms with Gasteiger partial charge in [0, 0.05) is 10.0 Å². The average molecular weight is 285 g/mol. The van der Waals surface area contributed by atoms with E-state index in [4.69, 9.17) is 17.3 Å². The molecule has 0 saturated carbocycles. The van der Waals surface area contributed by atoms with Gasteiger partial charge in [0.05, 0.1) is 0 Å². The van der Waals surface area contributed by atoms with Gasteiger partial charge in [0.25, 0.3) is 0 Å². The van der Waals surface area contributed by atoms with E-state index in [1.807, 2.05) is 24.3 Å². The summed E-state index contributed by atoms with van der Waals surface area (Å²) in [5.74, 6) is 0.367. The van der Waals surface area contributed by atoms with Crippen molar-refractivity contribution in [1.82, 2.24) is 10.2 Å². The van der Waals surface area contributed by atoms with Crippen LogP contribution in [0.4, 0.5) is 5.82 Å². The van der Waals surface area contributed by atoms with Crippen LogP contribution in [0.5, 0.6) is 0 Å². The van der Waals surface area contributed by atoms with Crippen molar-refractivity contribution in [2.75, 3.05) is 5.73 Å². The fraction of sp³-hybridized carbons (Fsp3) is 0. The van der Waals surface area contributed by atoms with E-state index in [1.165, 1.54) is 0 Å². The van der Waals surface area contributed by atoms with Gasteiger partial charge in [-0.05, 0) is 17.7 Å². The molecule has 5 heteroatoms. The van der Waals surface area contributed by atoms with E-state index >= 15 is 0 Å². The van der Waals surface area contributed by atoms with Gasteiger partial charge in [0.15, 0.2) is 11.0 Å². The Morgan fingerprint density at radius 1 is 1.13 bits per heavy atom. The molecular weight excluding hydrogens is 277 g/mol. The zero-order chi connectivity index (χ0) is 10.8. The first kappa shape index (κ1) is 10.4. The lowest BCUT2D eigenvalue weighted by atomic mass is 10.1. The van der Waals surface area contributed by atoms with Crippen molar-refractivity contribution < 1.29 is 0 Å². The Hall–Kier alpha value is -1.13. The quantitative estimate of drug-likeness (QED) is 0.875. The molecule has 0 bridgehead atoms. The number of rotatable bonds is 1. The zero-order valence-corrected chi connectivity index (χ0v) is 9.96. The Morgan fingerprint density at radius 2 is 1.87 bits per heavy atom. The van der Waals surface area contributed by atoms with Crippen LogP contribution in [-0.4, -0.2) is 10.2 Å². The smallest absolute Gasteiger partial charge is 0.154 e. The molecule has 0 spiro atoms. The number of nitrogens with zero attached hydrogens (tertiary/aromatic N) is 2. The minimum absolute atomic E-state index is 0.329. The molecule has 0 aliphatic rings. The van der Waals surface area contributed by atoms with Crippen LogP contribution in [0.15, 0.2) is 34.8 Å². The monoisotopic (exact) mass is 283 g/mol. The molecule has 1 aromatic heterocycles. The molecule has 76 valence electrons. The highest BCUT2D eigenvalue weighted by Crippen LogP contribution is 2.31. The van der Waals surface area contributed by atoms with Gasteiger partial charge in [-0.15, -0.1) is 10.2 Å². The number of nitrogen functional groups attached to an aromatic ring is 1. The van der Waals surface area contributed by atoms with E-state index in [0.29, 0.717) is 11.0 Å². The van der Waals surface area contributed by atoms with E-state index in [2.05, 4.69) is 26.1 Å². The Bertz CT molecular complexity index is 502. The van der Waals surface area contributed by atoms with E-state index in [9.17, 15) is 0 Å². The summed E-state index contributed by atoms with van der Waals surface area (Å²) in [7, 11) is 0. The van der Waals surface area contributed by atoms with Crippen molar-refractivity contribution in [3.63, 3.8) is 0 Å². The van der Waals surface area contributed by atoms with E-state index in [1.54, 1.807) is 6.07 Å². The first-order chi connectivity index (χ1) is 7.18. The second-order valence-corrected chi connectivity index (χ2v) is 4.19. The third-order valence-electron chi connectivity index (χ3n) is 1.96. The van der Waals surface area contributed by atoms with Crippen molar-refractivity contribution in [3.05, 3.63) is 40.0 Å². The van der Waals surface area contributed by atoms with Crippen molar-refractivity contribution in [3.8, 4) is 11.1 Å². The highest BCUT2D eigenvalue weighted by Gasteiger charge is 2.08. The summed E-state index contributed by atoms with van der Waals surface area (Å²) in [6, 6.07) is 9.43. The summed E-state index contributed by atoms with van der Waals surface area (Å²) >= 11 is 9.22. The Kier molecular flexibility index (Phi) is 2.88. The van der Waals surface area contributed by atoms with Crippen molar-refractivity contribution in [2.45, 2.75) is 0 Å². The van der Waals surface area contributed by atoms with Crippen molar-refractivity contribution in [1.29, 1.82) is 0 Å². The van der Waals surface area contributed by atoms with Crippen LogP contribution in [0.25, 0.3) is 11.1 Å². The van der Waals surface area contributed by atoms with Gasteiger partial charge >= 0.3 is 0 Å². The third-order valence-corrected chi connectivity index (χ3v) is 2.83. The molecule has 0 atom stereocenters. The van der Waals surface area contributed by atoms with Gasteiger partial charge in [0.2, 0.25) is 0 Å². The van der Waals surface area contributed by atoms with Crippen LogP contribution in [0, 0.1) is 0 Å². The summed E-state index contributed by atoms with van der Waals surface area (Å²) < 4.78 is 0.945. The Balaban J connectivity index is 2.64. The minimum Gasteiger partial charge on any atom is -0.382 e. The number of nitrogens with two attached hydrogens (primary N) is 1. The average Bonchev–Trinajstić information content (AvgIpc) is 2.23. The van der Waals surface area contributed by atoms with Crippen LogP contribution in [0.3, 0.4) is 0 Å². The summed E-state index contributed by atoms with van der Waals surface area (Å²) in [5.41, 5.74) is 7.47. The second-order valence-electron chi connectivity index (χ2n) is 2.95. The fourth-order valence-electron chi connectivity index (χ4n) is 1.27. The maximum atomic E-state index is 5.77. The van der Waals surface area contributed by atoms with Crippen molar-refractivity contribution in [2.24, 2.45) is 0 Å². The summed E-state index contributed by atoms with van der Waals surface area (Å²) in [4.78, 5) is 0. The molecule has 0 radical (unpaired) electrons. The molecule has 3 nitrogen and oxygen atoms in total. The van der Waals surface area contributed by atoms with E-state index in [0.717, 1.165) is 15.6 Å². The first-order valence-electron chi connectivity index (χ1n) is 4.22. The topological polar surface area (TPSA) is 51.8 Å². The van der Waals surface area contributed by atoms with Crippen LogP contribution in [0.1, 0.15) is 0 Å². The normalized spacial score (nSPS) is 10.3. The second kappa shape index (κ2) is 4.16. The molecule has 0 aliphatic carbocycles. The van der Waals surface area contributed by atoms with Crippen LogP contribution in [0.2, 0.25) is 5.15 Å². The van der Waals surface area contributed by atoms with Gasteiger partial charge in [-0.2, -0.15) is 0 Å². The third kappa shape index (κ3) is 2.11. The molecule has 0 aliphatic heterocycles.